The van der Waals surface area contributed by atoms with E-state index in [1.165, 1.54) is 30.3 Å². The van der Waals surface area contributed by atoms with Crippen LogP contribution in [0.4, 0.5) is 30.2 Å². The van der Waals surface area contributed by atoms with Crippen LogP contribution in [0.5, 0.6) is 0 Å². The predicted molar refractivity (Wildman–Crippen MR) is 70.2 cm³/mol. The molecule has 0 saturated heterocycles. The van der Waals surface area contributed by atoms with Crippen molar-refractivity contribution < 1.29 is 13.2 Å². The van der Waals surface area contributed by atoms with Crippen molar-refractivity contribution in [3.63, 3.8) is 0 Å². The van der Waals surface area contributed by atoms with Gasteiger partial charge in [0.05, 0.1) is 0 Å². The lowest BCUT2D eigenvalue weighted by atomic mass is 10.1. The van der Waals surface area contributed by atoms with Crippen LogP contribution in [0.25, 0.3) is 0 Å². The summed E-state index contributed by atoms with van der Waals surface area (Å²) < 4.78 is 39.0. The first-order valence-electron chi connectivity index (χ1n) is 5.68. The molecule has 0 radical (unpaired) electrons. The van der Waals surface area contributed by atoms with E-state index in [4.69, 9.17) is 5.73 Å². The molecule has 0 saturated carbocycles. The average molecular weight is 266 g/mol. The highest BCUT2D eigenvalue weighted by Gasteiger charge is 2.14. The smallest absolute Gasteiger partial charge is 0.265 e. The number of rotatable bonds is 3. The van der Waals surface area contributed by atoms with Gasteiger partial charge in [-0.1, -0.05) is 6.07 Å². The molecule has 0 fully saturated rings. The summed E-state index contributed by atoms with van der Waals surface area (Å²) in [5, 5.41) is 2.81. The second kappa shape index (κ2) is 5.22. The lowest BCUT2D eigenvalue weighted by Crippen LogP contribution is -2.00. The summed E-state index contributed by atoms with van der Waals surface area (Å²) in [5.41, 5.74) is 6.98. The number of anilines is 3. The van der Waals surface area contributed by atoms with Gasteiger partial charge < -0.3 is 11.1 Å². The second-order valence-electron chi connectivity index (χ2n) is 4.23. The Kier molecular flexibility index (Phi) is 3.64. The quantitative estimate of drug-likeness (QED) is 0.808. The molecule has 100 valence electrons. The summed E-state index contributed by atoms with van der Waals surface area (Å²) in [6, 6.07) is 8.35. The van der Waals surface area contributed by atoms with Crippen molar-refractivity contribution >= 4 is 17.1 Å². The first-order chi connectivity index (χ1) is 8.97. The van der Waals surface area contributed by atoms with Crippen LogP contribution in [0.1, 0.15) is 17.6 Å². The highest BCUT2D eigenvalue weighted by atomic mass is 19.3. The van der Waals surface area contributed by atoms with Crippen LogP contribution in [-0.4, -0.2) is 0 Å². The monoisotopic (exact) mass is 266 g/mol. The molecule has 0 amide bonds. The number of alkyl halides is 2. The molecule has 0 unspecified atom stereocenters. The van der Waals surface area contributed by atoms with Gasteiger partial charge >= 0.3 is 0 Å². The standard InChI is InChI=1S/C14H13F3N2/c1-8-2-3-9(15)6-13(8)19-12-5-4-10(18)7-11(12)14(16)17/h2-7,14,19H,18H2,1H3. The number of nitrogens with two attached hydrogens (primary N) is 1. The van der Waals surface area contributed by atoms with Gasteiger partial charge in [0.2, 0.25) is 0 Å². The van der Waals surface area contributed by atoms with E-state index in [0.717, 1.165) is 5.56 Å². The van der Waals surface area contributed by atoms with E-state index < -0.39 is 12.2 Å². The molecule has 0 heterocycles. The molecule has 0 aromatic heterocycles. The highest BCUT2D eigenvalue weighted by Crippen LogP contribution is 2.32. The maximum absolute atomic E-state index is 13.2. The van der Waals surface area contributed by atoms with Crippen molar-refractivity contribution in [3.8, 4) is 0 Å². The third-order valence-electron chi connectivity index (χ3n) is 2.78. The maximum Gasteiger partial charge on any atom is 0.265 e. The SMILES string of the molecule is Cc1ccc(F)cc1Nc1ccc(N)cc1C(F)F. The molecule has 0 aliphatic heterocycles. The lowest BCUT2D eigenvalue weighted by Gasteiger charge is -2.14. The number of aryl methyl sites for hydroxylation is 1. The second-order valence-corrected chi connectivity index (χ2v) is 4.23. The largest absolute Gasteiger partial charge is 0.399 e. The van der Waals surface area contributed by atoms with Crippen molar-refractivity contribution in [1.29, 1.82) is 0 Å². The van der Waals surface area contributed by atoms with Crippen molar-refractivity contribution in [1.82, 2.24) is 0 Å². The van der Waals surface area contributed by atoms with E-state index in [0.29, 0.717) is 5.69 Å². The summed E-state index contributed by atoms with van der Waals surface area (Å²) in [7, 11) is 0. The van der Waals surface area contributed by atoms with Crippen LogP contribution in [0.2, 0.25) is 0 Å². The molecular weight excluding hydrogens is 253 g/mol. The first-order valence-corrected chi connectivity index (χ1v) is 5.68. The fourth-order valence-electron chi connectivity index (χ4n) is 1.75. The van der Waals surface area contributed by atoms with Gasteiger partial charge in [-0.05, 0) is 42.8 Å². The number of hydrogen-bond donors (Lipinski definition) is 2. The molecule has 0 aliphatic carbocycles. The Labute approximate surface area is 109 Å². The molecule has 3 N–H and O–H groups in total. The lowest BCUT2D eigenvalue weighted by molar-refractivity contribution is 0.152. The Balaban J connectivity index is 2.40. The molecule has 2 rings (SSSR count). The van der Waals surface area contributed by atoms with Crippen molar-refractivity contribution in [2.24, 2.45) is 0 Å². The fourth-order valence-corrected chi connectivity index (χ4v) is 1.75. The molecule has 0 spiro atoms. The number of benzene rings is 2. The Morgan fingerprint density at radius 2 is 1.79 bits per heavy atom. The zero-order valence-electron chi connectivity index (χ0n) is 10.3. The van der Waals surface area contributed by atoms with Crippen LogP contribution >= 0.6 is 0 Å². The van der Waals surface area contributed by atoms with Gasteiger partial charge in [0.15, 0.2) is 0 Å². The van der Waals surface area contributed by atoms with E-state index >= 15 is 0 Å². The minimum atomic E-state index is -2.65. The zero-order chi connectivity index (χ0) is 14.0. The van der Waals surface area contributed by atoms with Gasteiger partial charge in [0.1, 0.15) is 5.82 Å². The minimum absolute atomic E-state index is 0.205. The van der Waals surface area contributed by atoms with Crippen molar-refractivity contribution in [2.45, 2.75) is 13.3 Å². The first kappa shape index (κ1) is 13.3. The number of nitrogens with one attached hydrogen (secondary N) is 1. The predicted octanol–water partition coefficient (Wildman–Crippen LogP) is 4.40. The van der Waals surface area contributed by atoms with E-state index in [2.05, 4.69) is 5.32 Å². The molecule has 2 aromatic rings. The Hall–Kier alpha value is -2.17. The Morgan fingerprint density at radius 3 is 2.47 bits per heavy atom. The topological polar surface area (TPSA) is 38.0 Å². The molecule has 0 atom stereocenters. The number of hydrogen-bond acceptors (Lipinski definition) is 2. The summed E-state index contributed by atoms with van der Waals surface area (Å²) in [6.45, 7) is 1.77. The van der Waals surface area contributed by atoms with Gasteiger partial charge in [-0.2, -0.15) is 0 Å². The molecule has 2 aromatic carbocycles. The van der Waals surface area contributed by atoms with Crippen molar-refractivity contribution in [2.75, 3.05) is 11.1 Å². The normalized spacial score (nSPS) is 10.8. The number of nitrogen functional groups attached to an aromatic ring is 1. The minimum Gasteiger partial charge on any atom is -0.399 e. The van der Waals surface area contributed by atoms with Crippen LogP contribution in [-0.2, 0) is 0 Å². The molecule has 0 bridgehead atoms. The van der Waals surface area contributed by atoms with E-state index in [-0.39, 0.29) is 16.9 Å². The Bertz CT molecular complexity index is 597. The van der Waals surface area contributed by atoms with Crippen LogP contribution < -0.4 is 11.1 Å². The molecule has 19 heavy (non-hydrogen) atoms. The van der Waals surface area contributed by atoms with Gasteiger partial charge in [0, 0.05) is 22.6 Å². The van der Waals surface area contributed by atoms with E-state index in [1.807, 2.05) is 0 Å². The van der Waals surface area contributed by atoms with E-state index in [9.17, 15) is 13.2 Å². The van der Waals surface area contributed by atoms with Gasteiger partial charge in [-0.3, -0.25) is 0 Å². The molecular formula is C14H13F3N2. The average Bonchev–Trinajstić information content (AvgIpc) is 2.35. The third-order valence-corrected chi connectivity index (χ3v) is 2.78. The Morgan fingerprint density at radius 1 is 1.05 bits per heavy atom. The highest BCUT2D eigenvalue weighted by molar-refractivity contribution is 5.68. The van der Waals surface area contributed by atoms with Gasteiger partial charge in [-0.15, -0.1) is 0 Å². The fraction of sp³-hybridized carbons (Fsp3) is 0.143. The zero-order valence-corrected chi connectivity index (χ0v) is 10.3. The summed E-state index contributed by atoms with van der Waals surface area (Å²) in [5.74, 6) is -0.429. The molecule has 5 heteroatoms. The van der Waals surface area contributed by atoms with Crippen molar-refractivity contribution in [3.05, 3.63) is 53.3 Å². The molecule has 2 nitrogen and oxygen atoms in total. The summed E-state index contributed by atoms with van der Waals surface area (Å²) in [6.07, 6.45) is -2.65. The van der Waals surface area contributed by atoms with Gasteiger partial charge in [-0.25, -0.2) is 13.2 Å². The van der Waals surface area contributed by atoms with E-state index in [1.54, 1.807) is 13.0 Å². The molecule has 0 aliphatic rings. The van der Waals surface area contributed by atoms with Crippen LogP contribution in [0.15, 0.2) is 36.4 Å². The summed E-state index contributed by atoms with van der Waals surface area (Å²) >= 11 is 0. The maximum atomic E-state index is 13.2. The third kappa shape index (κ3) is 2.99. The number of halogens is 3. The van der Waals surface area contributed by atoms with Crippen LogP contribution in [0.3, 0.4) is 0 Å². The summed E-state index contributed by atoms with van der Waals surface area (Å²) in [4.78, 5) is 0. The van der Waals surface area contributed by atoms with Crippen LogP contribution in [0, 0.1) is 12.7 Å². The van der Waals surface area contributed by atoms with Gasteiger partial charge in [0.25, 0.3) is 6.43 Å².